The number of nitrogens with zero attached hydrogens (tertiary/aromatic N) is 7. The van der Waals surface area contributed by atoms with E-state index in [4.69, 9.17) is 5.26 Å². The highest BCUT2D eigenvalue weighted by atomic mass is 16.2. The van der Waals surface area contributed by atoms with Gasteiger partial charge in [-0.25, -0.2) is 9.50 Å². The van der Waals surface area contributed by atoms with Gasteiger partial charge < -0.3 is 10.2 Å². The molecule has 0 unspecified atom stereocenters. The van der Waals surface area contributed by atoms with Crippen LogP contribution in [0.15, 0.2) is 37.2 Å². The van der Waals surface area contributed by atoms with Crippen molar-refractivity contribution in [3.05, 3.63) is 37.2 Å². The highest BCUT2D eigenvalue weighted by molar-refractivity contribution is 5.78. The molecule has 0 bridgehead atoms. The maximum atomic E-state index is 12.0. The monoisotopic (exact) mass is 362 g/mol. The van der Waals surface area contributed by atoms with Gasteiger partial charge in [-0.1, -0.05) is 0 Å². The van der Waals surface area contributed by atoms with Gasteiger partial charge in [-0.15, -0.1) is 0 Å². The Labute approximate surface area is 155 Å². The van der Waals surface area contributed by atoms with Gasteiger partial charge >= 0.3 is 0 Å². The molecule has 136 valence electrons. The Morgan fingerprint density at radius 1 is 1.30 bits per heavy atom. The fourth-order valence-electron chi connectivity index (χ4n) is 3.31. The van der Waals surface area contributed by atoms with E-state index in [-0.39, 0.29) is 18.4 Å². The number of hydrogen-bond acceptors (Lipinski definition) is 7. The first kappa shape index (κ1) is 16.9. The summed E-state index contributed by atoms with van der Waals surface area (Å²) < 4.78 is 1.74. The lowest BCUT2D eigenvalue weighted by Crippen LogP contribution is -2.45. The largest absolute Gasteiger partial charge is 0.364 e. The minimum Gasteiger partial charge on any atom is -0.364 e. The zero-order chi connectivity index (χ0) is 18.6. The Balaban J connectivity index is 1.51. The van der Waals surface area contributed by atoms with Crippen molar-refractivity contribution < 1.29 is 4.79 Å². The molecule has 1 amide bonds. The summed E-state index contributed by atoms with van der Waals surface area (Å²) >= 11 is 0. The minimum absolute atomic E-state index is 0.0786. The predicted octanol–water partition coefficient (Wildman–Crippen LogP) is 1.50. The summed E-state index contributed by atoms with van der Waals surface area (Å²) in [7, 11) is 0. The maximum Gasteiger partial charge on any atom is 0.236 e. The topological polar surface area (TPSA) is 112 Å². The first-order valence-electron chi connectivity index (χ1n) is 8.75. The number of carbonyl (C=O) groups is 1. The van der Waals surface area contributed by atoms with Gasteiger partial charge in [0.05, 0.1) is 42.1 Å². The van der Waals surface area contributed by atoms with Gasteiger partial charge in [-0.05, 0) is 12.8 Å². The Morgan fingerprint density at radius 2 is 2.22 bits per heavy atom. The summed E-state index contributed by atoms with van der Waals surface area (Å²) in [5, 5.41) is 16.4. The first-order chi connectivity index (χ1) is 13.2. The SMILES string of the molecule is N#CCC(=O)N1CCC[C@@H](Nc2cncc(-c3cnn4ccncc34)n2)C1. The highest BCUT2D eigenvalue weighted by Gasteiger charge is 2.23. The van der Waals surface area contributed by atoms with Crippen LogP contribution in [-0.4, -0.2) is 54.5 Å². The van der Waals surface area contributed by atoms with Crippen LogP contribution >= 0.6 is 0 Å². The third-order valence-corrected chi connectivity index (χ3v) is 4.59. The van der Waals surface area contributed by atoms with E-state index in [9.17, 15) is 4.79 Å². The first-order valence-corrected chi connectivity index (χ1v) is 8.75. The van der Waals surface area contributed by atoms with Crippen molar-refractivity contribution in [3.63, 3.8) is 0 Å². The van der Waals surface area contributed by atoms with Crippen LogP contribution in [-0.2, 0) is 4.79 Å². The molecule has 0 radical (unpaired) electrons. The number of nitrogens with one attached hydrogen (secondary N) is 1. The van der Waals surface area contributed by atoms with Gasteiger partial charge in [0.1, 0.15) is 12.2 Å². The van der Waals surface area contributed by atoms with Crippen LogP contribution in [0.2, 0.25) is 0 Å². The molecule has 0 aromatic carbocycles. The molecule has 1 aliphatic heterocycles. The van der Waals surface area contributed by atoms with Gasteiger partial charge in [0.15, 0.2) is 0 Å². The van der Waals surface area contributed by atoms with Crippen molar-refractivity contribution in [2.75, 3.05) is 18.4 Å². The van der Waals surface area contributed by atoms with Crippen molar-refractivity contribution >= 4 is 17.2 Å². The van der Waals surface area contributed by atoms with Crippen molar-refractivity contribution in [1.82, 2.24) is 29.5 Å². The normalized spacial score (nSPS) is 16.9. The third kappa shape index (κ3) is 3.55. The van der Waals surface area contributed by atoms with E-state index in [2.05, 4.69) is 25.4 Å². The average molecular weight is 362 g/mol. The van der Waals surface area contributed by atoms with Crippen LogP contribution in [0.5, 0.6) is 0 Å². The highest BCUT2D eigenvalue weighted by Crippen LogP contribution is 2.23. The molecule has 3 aromatic heterocycles. The molecule has 27 heavy (non-hydrogen) atoms. The summed E-state index contributed by atoms with van der Waals surface area (Å²) in [6.45, 7) is 1.26. The molecule has 9 heteroatoms. The number of carbonyl (C=O) groups excluding carboxylic acids is 1. The van der Waals surface area contributed by atoms with Crippen LogP contribution < -0.4 is 5.32 Å². The standard InChI is InChI=1S/C18H18N8O/c19-4-3-18(27)25-6-1-2-13(12-25)23-17-11-21-9-15(24-17)14-8-22-26-7-5-20-10-16(14)26/h5,7-11,13H,1-3,6,12H2,(H,23,24)/t13-/m1/s1. The molecule has 0 spiro atoms. The van der Waals surface area contributed by atoms with Crippen LogP contribution in [0.1, 0.15) is 19.3 Å². The third-order valence-electron chi connectivity index (χ3n) is 4.59. The summed E-state index contributed by atoms with van der Waals surface area (Å²) in [5.74, 6) is 0.526. The van der Waals surface area contributed by atoms with Crippen molar-refractivity contribution in [1.29, 1.82) is 5.26 Å². The van der Waals surface area contributed by atoms with Gasteiger partial charge in [0, 0.05) is 37.1 Å². The van der Waals surface area contributed by atoms with Gasteiger partial charge in [-0.2, -0.15) is 10.4 Å². The second-order valence-electron chi connectivity index (χ2n) is 6.41. The summed E-state index contributed by atoms with van der Waals surface area (Å²) in [5.41, 5.74) is 2.42. The number of nitriles is 1. The zero-order valence-electron chi connectivity index (χ0n) is 14.6. The second kappa shape index (κ2) is 7.37. The van der Waals surface area contributed by atoms with E-state index in [0.29, 0.717) is 24.6 Å². The molecular weight excluding hydrogens is 344 g/mol. The Morgan fingerprint density at radius 3 is 3.11 bits per heavy atom. The van der Waals surface area contributed by atoms with Crippen LogP contribution in [0.25, 0.3) is 16.8 Å². The van der Waals surface area contributed by atoms with Crippen LogP contribution in [0.4, 0.5) is 5.82 Å². The number of amides is 1. The average Bonchev–Trinajstić information content (AvgIpc) is 3.13. The number of piperidine rings is 1. The van der Waals surface area contributed by atoms with E-state index in [1.807, 2.05) is 6.07 Å². The fraction of sp³-hybridized carbons (Fsp3) is 0.333. The molecule has 1 fully saturated rings. The van der Waals surface area contributed by atoms with E-state index < -0.39 is 0 Å². The van der Waals surface area contributed by atoms with E-state index in [1.54, 1.807) is 46.6 Å². The molecular formula is C18H18N8O. The summed E-state index contributed by atoms with van der Waals surface area (Å²) in [6.07, 6.45) is 12.0. The van der Waals surface area contributed by atoms with E-state index >= 15 is 0 Å². The fourth-order valence-corrected chi connectivity index (χ4v) is 3.31. The number of likely N-dealkylation sites (tertiary alicyclic amines) is 1. The zero-order valence-corrected chi connectivity index (χ0v) is 14.6. The molecule has 9 nitrogen and oxygen atoms in total. The number of aromatic nitrogens is 5. The van der Waals surface area contributed by atoms with Crippen LogP contribution in [0, 0.1) is 11.3 Å². The Kier molecular flexibility index (Phi) is 4.61. The number of fused-ring (bicyclic) bond motifs is 1. The number of anilines is 1. The van der Waals surface area contributed by atoms with E-state index in [0.717, 1.165) is 23.9 Å². The quantitative estimate of drug-likeness (QED) is 0.748. The number of rotatable bonds is 4. The van der Waals surface area contributed by atoms with Crippen molar-refractivity contribution in [2.24, 2.45) is 0 Å². The summed E-state index contributed by atoms with van der Waals surface area (Å²) in [6, 6.07) is 2.00. The van der Waals surface area contributed by atoms with Gasteiger partial charge in [-0.3, -0.25) is 14.8 Å². The van der Waals surface area contributed by atoms with Crippen LogP contribution in [0.3, 0.4) is 0 Å². The lowest BCUT2D eigenvalue weighted by Gasteiger charge is -2.33. The van der Waals surface area contributed by atoms with Crippen molar-refractivity contribution in [3.8, 4) is 17.3 Å². The molecule has 1 atom stereocenters. The molecule has 4 rings (SSSR count). The maximum absolute atomic E-state index is 12.0. The molecule has 0 saturated carbocycles. The molecule has 1 N–H and O–H groups in total. The lowest BCUT2D eigenvalue weighted by molar-refractivity contribution is -0.131. The molecule has 3 aromatic rings. The molecule has 0 aliphatic carbocycles. The van der Waals surface area contributed by atoms with Crippen molar-refractivity contribution in [2.45, 2.75) is 25.3 Å². The van der Waals surface area contributed by atoms with E-state index in [1.165, 1.54) is 0 Å². The predicted molar refractivity (Wildman–Crippen MR) is 97.5 cm³/mol. The second-order valence-corrected chi connectivity index (χ2v) is 6.41. The Hall–Kier alpha value is -3.54. The number of hydrogen-bond donors (Lipinski definition) is 1. The molecule has 4 heterocycles. The smallest absolute Gasteiger partial charge is 0.236 e. The molecule has 1 aliphatic rings. The Bertz CT molecular complexity index is 1010. The van der Waals surface area contributed by atoms with Gasteiger partial charge in [0.25, 0.3) is 0 Å². The minimum atomic E-state index is -0.123. The van der Waals surface area contributed by atoms with Gasteiger partial charge in [0.2, 0.25) is 5.91 Å². The summed E-state index contributed by atoms with van der Waals surface area (Å²) in [4.78, 5) is 26.8. The lowest BCUT2D eigenvalue weighted by atomic mass is 10.1. The molecule has 1 saturated heterocycles.